The molecule has 1 aliphatic rings. The molecule has 0 N–H and O–H groups in total. The van der Waals surface area contributed by atoms with E-state index in [1.807, 2.05) is 24.3 Å². The summed E-state index contributed by atoms with van der Waals surface area (Å²) in [5.74, 6) is 0.978. The van der Waals surface area contributed by atoms with Crippen molar-refractivity contribution in [3.63, 3.8) is 0 Å². The largest absolute Gasteiger partial charge is 0.496 e. The lowest BCUT2D eigenvalue weighted by atomic mass is 10.1. The highest BCUT2D eigenvalue weighted by molar-refractivity contribution is 5.93. The van der Waals surface area contributed by atoms with E-state index in [2.05, 4.69) is 5.16 Å². The summed E-state index contributed by atoms with van der Waals surface area (Å²) >= 11 is 0. The van der Waals surface area contributed by atoms with Crippen LogP contribution in [0.4, 0.5) is 0 Å². The van der Waals surface area contributed by atoms with Gasteiger partial charge >= 0.3 is 0 Å². The van der Waals surface area contributed by atoms with E-state index in [0.717, 1.165) is 5.56 Å². The lowest BCUT2D eigenvalue weighted by molar-refractivity contribution is -0.130. The van der Waals surface area contributed by atoms with E-state index in [-0.39, 0.29) is 17.5 Å². The second kappa shape index (κ2) is 6.74. The predicted molar refractivity (Wildman–Crippen MR) is 86.6 cm³/mol. The van der Waals surface area contributed by atoms with E-state index in [4.69, 9.17) is 9.26 Å². The van der Waals surface area contributed by atoms with Gasteiger partial charge in [-0.15, -0.1) is 0 Å². The minimum absolute atomic E-state index is 0.0296. The molecule has 1 aliphatic heterocycles. The first-order valence-electron chi connectivity index (χ1n) is 7.75. The van der Waals surface area contributed by atoms with Gasteiger partial charge in [0.05, 0.1) is 12.7 Å². The lowest BCUT2D eigenvalue weighted by Crippen LogP contribution is -2.50. The van der Waals surface area contributed by atoms with E-state index in [1.165, 1.54) is 6.92 Å². The molecule has 0 saturated carbocycles. The van der Waals surface area contributed by atoms with E-state index in [9.17, 15) is 9.59 Å². The Morgan fingerprint density at radius 1 is 1.12 bits per heavy atom. The third kappa shape index (κ3) is 3.10. The molecule has 7 heteroatoms. The summed E-state index contributed by atoms with van der Waals surface area (Å²) in [6.07, 6.45) is 0. The molecular weight excluding hydrogens is 310 g/mol. The van der Waals surface area contributed by atoms with Crippen molar-refractivity contribution < 1.29 is 18.8 Å². The summed E-state index contributed by atoms with van der Waals surface area (Å²) in [6, 6.07) is 9.01. The number of piperazine rings is 1. The number of ether oxygens (including phenoxy) is 1. The topological polar surface area (TPSA) is 75.9 Å². The van der Waals surface area contributed by atoms with Crippen LogP contribution in [0.25, 0.3) is 11.3 Å². The van der Waals surface area contributed by atoms with E-state index >= 15 is 0 Å². The predicted octanol–water partition coefficient (Wildman–Crippen LogP) is 1.65. The van der Waals surface area contributed by atoms with Crippen LogP contribution >= 0.6 is 0 Å². The molecule has 2 amide bonds. The zero-order valence-electron chi connectivity index (χ0n) is 13.7. The Morgan fingerprint density at radius 3 is 2.46 bits per heavy atom. The quantitative estimate of drug-likeness (QED) is 0.856. The first-order chi connectivity index (χ1) is 11.6. The molecule has 0 unspecified atom stereocenters. The molecule has 1 aromatic heterocycles. The number of hydrogen-bond acceptors (Lipinski definition) is 5. The van der Waals surface area contributed by atoms with Gasteiger partial charge in [0, 0.05) is 39.2 Å². The van der Waals surface area contributed by atoms with Crippen LogP contribution in [-0.4, -0.2) is 60.1 Å². The monoisotopic (exact) mass is 329 g/mol. The molecule has 3 rings (SSSR count). The Labute approximate surface area is 139 Å². The third-order valence-corrected chi connectivity index (χ3v) is 4.11. The van der Waals surface area contributed by atoms with Crippen molar-refractivity contribution >= 4 is 11.8 Å². The number of methoxy groups -OCH3 is 1. The fourth-order valence-electron chi connectivity index (χ4n) is 2.74. The molecule has 1 saturated heterocycles. The number of carbonyl (C=O) groups is 2. The number of amides is 2. The number of rotatable bonds is 3. The van der Waals surface area contributed by atoms with Crippen LogP contribution in [0.3, 0.4) is 0 Å². The van der Waals surface area contributed by atoms with Crippen molar-refractivity contribution in [1.82, 2.24) is 15.0 Å². The number of benzene rings is 1. The Morgan fingerprint density at radius 2 is 1.79 bits per heavy atom. The van der Waals surface area contributed by atoms with Crippen molar-refractivity contribution in [1.29, 1.82) is 0 Å². The van der Waals surface area contributed by atoms with Crippen molar-refractivity contribution in [3.05, 3.63) is 36.0 Å². The van der Waals surface area contributed by atoms with Crippen LogP contribution in [0.5, 0.6) is 5.75 Å². The van der Waals surface area contributed by atoms with Gasteiger partial charge < -0.3 is 19.1 Å². The Hall–Kier alpha value is -2.83. The Bertz CT molecular complexity index is 748. The maximum Gasteiger partial charge on any atom is 0.276 e. The summed E-state index contributed by atoms with van der Waals surface area (Å²) in [6.45, 7) is 3.61. The standard InChI is InChI=1S/C17H19N3O4/c1-12(21)19-7-9-20(10-8-19)17(22)14-11-16(24-18-14)13-5-3-4-6-15(13)23-2/h3-6,11H,7-10H2,1-2H3. The molecule has 1 aromatic carbocycles. The number of hydrogen-bond donors (Lipinski definition) is 0. The molecule has 24 heavy (non-hydrogen) atoms. The molecule has 7 nitrogen and oxygen atoms in total. The van der Waals surface area contributed by atoms with Gasteiger partial charge in [0.25, 0.3) is 5.91 Å². The first kappa shape index (κ1) is 16.0. The van der Waals surface area contributed by atoms with Gasteiger partial charge in [-0.1, -0.05) is 17.3 Å². The van der Waals surface area contributed by atoms with E-state index in [0.29, 0.717) is 37.7 Å². The van der Waals surface area contributed by atoms with Gasteiger partial charge in [0.1, 0.15) is 5.75 Å². The Kier molecular flexibility index (Phi) is 4.50. The van der Waals surface area contributed by atoms with Crippen molar-refractivity contribution in [3.8, 4) is 17.1 Å². The highest BCUT2D eigenvalue weighted by Gasteiger charge is 2.26. The smallest absolute Gasteiger partial charge is 0.276 e. The highest BCUT2D eigenvalue weighted by Crippen LogP contribution is 2.30. The van der Waals surface area contributed by atoms with Crippen LogP contribution in [-0.2, 0) is 4.79 Å². The van der Waals surface area contributed by atoms with Crippen molar-refractivity contribution in [2.45, 2.75) is 6.92 Å². The van der Waals surface area contributed by atoms with Crippen LogP contribution in [0.15, 0.2) is 34.9 Å². The maximum absolute atomic E-state index is 12.5. The van der Waals surface area contributed by atoms with Gasteiger partial charge in [0.2, 0.25) is 5.91 Å². The second-order valence-corrected chi connectivity index (χ2v) is 5.57. The SMILES string of the molecule is COc1ccccc1-c1cc(C(=O)N2CCN(C(C)=O)CC2)no1. The third-order valence-electron chi connectivity index (χ3n) is 4.11. The molecule has 0 spiro atoms. The summed E-state index contributed by atoms with van der Waals surface area (Å²) in [4.78, 5) is 27.3. The fraction of sp³-hybridized carbons (Fsp3) is 0.353. The van der Waals surface area contributed by atoms with Gasteiger partial charge in [-0.05, 0) is 12.1 Å². The second-order valence-electron chi connectivity index (χ2n) is 5.57. The van der Waals surface area contributed by atoms with Gasteiger partial charge in [0.15, 0.2) is 11.5 Å². The molecule has 126 valence electrons. The van der Waals surface area contributed by atoms with E-state index < -0.39 is 0 Å². The molecule has 1 fully saturated rings. The average molecular weight is 329 g/mol. The van der Waals surface area contributed by atoms with Crippen molar-refractivity contribution in [2.75, 3.05) is 33.3 Å². The van der Waals surface area contributed by atoms with E-state index in [1.54, 1.807) is 23.0 Å². The van der Waals surface area contributed by atoms with Gasteiger partial charge in [-0.25, -0.2) is 0 Å². The lowest BCUT2D eigenvalue weighted by Gasteiger charge is -2.33. The highest BCUT2D eigenvalue weighted by atomic mass is 16.5. The van der Waals surface area contributed by atoms with Crippen LogP contribution in [0.1, 0.15) is 17.4 Å². The summed E-state index contributed by atoms with van der Waals surface area (Å²) < 4.78 is 10.6. The summed E-state index contributed by atoms with van der Waals surface area (Å²) in [7, 11) is 1.58. The summed E-state index contributed by atoms with van der Waals surface area (Å²) in [5.41, 5.74) is 1.00. The number of para-hydroxylation sites is 1. The molecule has 0 radical (unpaired) electrons. The molecule has 2 heterocycles. The first-order valence-corrected chi connectivity index (χ1v) is 7.75. The molecule has 0 bridgehead atoms. The van der Waals surface area contributed by atoms with Crippen LogP contribution in [0, 0.1) is 0 Å². The average Bonchev–Trinajstić information content (AvgIpc) is 3.11. The molecular formula is C17H19N3O4. The van der Waals surface area contributed by atoms with Gasteiger partial charge in [-0.3, -0.25) is 9.59 Å². The maximum atomic E-state index is 12.5. The minimum Gasteiger partial charge on any atom is -0.496 e. The van der Waals surface area contributed by atoms with Crippen LogP contribution < -0.4 is 4.74 Å². The van der Waals surface area contributed by atoms with Crippen molar-refractivity contribution in [2.24, 2.45) is 0 Å². The van der Waals surface area contributed by atoms with Crippen LogP contribution in [0.2, 0.25) is 0 Å². The number of carbonyl (C=O) groups excluding carboxylic acids is 2. The number of aromatic nitrogens is 1. The Balaban J connectivity index is 1.74. The molecule has 0 atom stereocenters. The molecule has 0 aliphatic carbocycles. The fourth-order valence-corrected chi connectivity index (χ4v) is 2.74. The normalized spacial score (nSPS) is 14.6. The summed E-state index contributed by atoms with van der Waals surface area (Å²) in [5, 5.41) is 3.89. The molecule has 2 aromatic rings. The van der Waals surface area contributed by atoms with Gasteiger partial charge in [-0.2, -0.15) is 0 Å². The minimum atomic E-state index is -0.192. The zero-order chi connectivity index (χ0) is 17.1. The number of nitrogens with zero attached hydrogens (tertiary/aromatic N) is 3. The zero-order valence-corrected chi connectivity index (χ0v) is 13.7.